The molecule has 1 amide bonds. The summed E-state index contributed by atoms with van der Waals surface area (Å²) in [5.41, 5.74) is 4.25. The molecule has 0 spiro atoms. The lowest BCUT2D eigenvalue weighted by atomic mass is 10.1. The van der Waals surface area contributed by atoms with E-state index in [1.54, 1.807) is 12.1 Å². The van der Waals surface area contributed by atoms with Crippen molar-refractivity contribution in [1.82, 2.24) is 9.97 Å². The molecule has 30 heavy (non-hydrogen) atoms. The van der Waals surface area contributed by atoms with E-state index >= 15 is 0 Å². The molecule has 0 bridgehead atoms. The molecular weight excluding hydrogens is 402 g/mol. The van der Waals surface area contributed by atoms with E-state index in [-0.39, 0.29) is 5.91 Å². The number of anilines is 1. The van der Waals surface area contributed by atoms with Crippen LogP contribution >= 0.6 is 11.3 Å². The number of hydrogen-bond acceptors (Lipinski definition) is 6. The molecule has 8 heteroatoms. The van der Waals surface area contributed by atoms with Gasteiger partial charge in [0.2, 0.25) is 5.75 Å². The molecule has 2 aromatic heterocycles. The van der Waals surface area contributed by atoms with Gasteiger partial charge < -0.3 is 19.2 Å². The van der Waals surface area contributed by atoms with Crippen molar-refractivity contribution in [2.75, 3.05) is 26.6 Å². The lowest BCUT2D eigenvalue weighted by molar-refractivity contribution is 0.102. The maximum absolute atomic E-state index is 12.9. The Morgan fingerprint density at radius 3 is 2.53 bits per heavy atom. The normalized spacial score (nSPS) is 10.8. The van der Waals surface area contributed by atoms with Gasteiger partial charge in [-0.3, -0.25) is 10.1 Å². The summed E-state index contributed by atoms with van der Waals surface area (Å²) in [6.07, 6.45) is 0. The Hall–Kier alpha value is -3.52. The van der Waals surface area contributed by atoms with Crippen molar-refractivity contribution in [3.63, 3.8) is 0 Å². The number of aromatic amines is 1. The fourth-order valence-corrected chi connectivity index (χ4v) is 4.19. The van der Waals surface area contributed by atoms with Crippen molar-refractivity contribution in [3.8, 4) is 28.5 Å². The SMILES string of the molecule is COc1ccc(C(=O)Nc2nc(-c3c(C)[nH]c4ccccc34)cs2)c(OC)c1OC. The lowest BCUT2D eigenvalue weighted by Gasteiger charge is -2.15. The van der Waals surface area contributed by atoms with Crippen molar-refractivity contribution in [1.29, 1.82) is 0 Å². The highest BCUT2D eigenvalue weighted by Gasteiger charge is 2.22. The molecule has 0 aliphatic carbocycles. The molecule has 2 aromatic carbocycles. The first kappa shape index (κ1) is 19.8. The topological polar surface area (TPSA) is 85.5 Å². The summed E-state index contributed by atoms with van der Waals surface area (Å²) in [6.45, 7) is 2.02. The van der Waals surface area contributed by atoms with E-state index in [0.717, 1.165) is 27.9 Å². The first-order valence-electron chi connectivity index (χ1n) is 9.20. The predicted octanol–water partition coefficient (Wildman–Crippen LogP) is 4.88. The molecule has 0 saturated heterocycles. The van der Waals surface area contributed by atoms with Crippen LogP contribution in [0.15, 0.2) is 41.8 Å². The van der Waals surface area contributed by atoms with E-state index in [9.17, 15) is 4.79 Å². The summed E-state index contributed by atoms with van der Waals surface area (Å²) in [5.74, 6) is 0.807. The van der Waals surface area contributed by atoms with Gasteiger partial charge in [-0.1, -0.05) is 18.2 Å². The number of hydrogen-bond donors (Lipinski definition) is 2. The number of amides is 1. The number of rotatable bonds is 6. The van der Waals surface area contributed by atoms with Crippen LogP contribution in [0.25, 0.3) is 22.2 Å². The van der Waals surface area contributed by atoms with Crippen LogP contribution in [0, 0.1) is 6.92 Å². The Morgan fingerprint density at radius 2 is 1.80 bits per heavy atom. The maximum Gasteiger partial charge on any atom is 0.261 e. The first-order valence-corrected chi connectivity index (χ1v) is 10.1. The monoisotopic (exact) mass is 423 g/mol. The lowest BCUT2D eigenvalue weighted by Crippen LogP contribution is -2.13. The maximum atomic E-state index is 12.9. The molecule has 0 radical (unpaired) electrons. The Labute approximate surface area is 177 Å². The predicted molar refractivity (Wildman–Crippen MR) is 118 cm³/mol. The summed E-state index contributed by atoms with van der Waals surface area (Å²) < 4.78 is 16.0. The second-order valence-electron chi connectivity index (χ2n) is 6.54. The number of aromatic nitrogens is 2. The minimum atomic E-state index is -0.343. The van der Waals surface area contributed by atoms with Crippen LogP contribution in [0.3, 0.4) is 0 Å². The van der Waals surface area contributed by atoms with Gasteiger partial charge in [-0.15, -0.1) is 11.3 Å². The molecule has 2 heterocycles. The molecule has 4 aromatic rings. The molecule has 0 unspecified atom stereocenters. The minimum Gasteiger partial charge on any atom is -0.493 e. The number of aryl methyl sites for hydroxylation is 1. The molecule has 4 rings (SSSR count). The zero-order valence-corrected chi connectivity index (χ0v) is 17.8. The molecule has 154 valence electrons. The number of nitrogens with one attached hydrogen (secondary N) is 2. The standard InChI is InChI=1S/C22H21N3O4S/c1-12-18(13-7-5-6-8-15(13)23-12)16-11-30-22(24-16)25-21(26)14-9-10-17(27-2)20(29-4)19(14)28-3/h5-11,23H,1-4H3,(H,24,25,26). The van der Waals surface area contributed by atoms with Crippen molar-refractivity contribution in [2.45, 2.75) is 6.92 Å². The molecule has 0 aliphatic heterocycles. The molecule has 7 nitrogen and oxygen atoms in total. The van der Waals surface area contributed by atoms with E-state index < -0.39 is 0 Å². The molecule has 0 fully saturated rings. The highest BCUT2D eigenvalue weighted by atomic mass is 32.1. The third-order valence-corrected chi connectivity index (χ3v) is 5.58. The quantitative estimate of drug-likeness (QED) is 0.462. The van der Waals surface area contributed by atoms with Crippen molar-refractivity contribution in [2.24, 2.45) is 0 Å². The average Bonchev–Trinajstić information content (AvgIpc) is 3.34. The van der Waals surface area contributed by atoms with Gasteiger partial charge in [0.15, 0.2) is 16.6 Å². The summed E-state index contributed by atoms with van der Waals surface area (Å²) in [4.78, 5) is 20.9. The average molecular weight is 423 g/mol. The van der Waals surface area contributed by atoms with Gasteiger partial charge in [0, 0.05) is 27.5 Å². The third kappa shape index (κ3) is 3.35. The van der Waals surface area contributed by atoms with Crippen molar-refractivity contribution < 1.29 is 19.0 Å². The molecule has 0 saturated carbocycles. The van der Waals surface area contributed by atoms with E-state index in [1.807, 2.05) is 30.5 Å². The van der Waals surface area contributed by atoms with Crippen LogP contribution in [0.1, 0.15) is 16.1 Å². The van der Waals surface area contributed by atoms with Gasteiger partial charge in [-0.25, -0.2) is 4.98 Å². The summed E-state index contributed by atoms with van der Waals surface area (Å²) in [7, 11) is 4.51. The van der Waals surface area contributed by atoms with E-state index in [2.05, 4.69) is 21.4 Å². The van der Waals surface area contributed by atoms with Crippen LogP contribution in [0.2, 0.25) is 0 Å². The van der Waals surface area contributed by atoms with Crippen LogP contribution in [-0.4, -0.2) is 37.2 Å². The summed E-state index contributed by atoms with van der Waals surface area (Å²) in [5, 5.41) is 6.38. The fraction of sp³-hybridized carbons (Fsp3) is 0.182. The number of thiazole rings is 1. The van der Waals surface area contributed by atoms with Crippen molar-refractivity contribution >= 4 is 33.3 Å². The number of carbonyl (C=O) groups excluding carboxylic acids is 1. The van der Waals surface area contributed by atoms with Gasteiger partial charge in [-0.05, 0) is 25.1 Å². The van der Waals surface area contributed by atoms with Gasteiger partial charge in [0.25, 0.3) is 5.91 Å². The van der Waals surface area contributed by atoms with Gasteiger partial charge in [0.1, 0.15) is 0 Å². The zero-order valence-electron chi connectivity index (χ0n) is 17.0. The number of fused-ring (bicyclic) bond motifs is 1. The largest absolute Gasteiger partial charge is 0.493 e. The van der Waals surface area contributed by atoms with Gasteiger partial charge in [-0.2, -0.15) is 0 Å². The molecular formula is C22H21N3O4S. The van der Waals surface area contributed by atoms with Gasteiger partial charge >= 0.3 is 0 Å². The molecule has 0 atom stereocenters. The van der Waals surface area contributed by atoms with Crippen molar-refractivity contribution in [3.05, 3.63) is 53.0 Å². The number of carbonyl (C=O) groups is 1. The van der Waals surface area contributed by atoms with E-state index in [4.69, 9.17) is 14.2 Å². The minimum absolute atomic E-state index is 0.304. The number of ether oxygens (including phenoxy) is 3. The van der Waals surface area contributed by atoms with Crippen LogP contribution in [0.4, 0.5) is 5.13 Å². The number of methoxy groups -OCH3 is 3. The molecule has 2 N–H and O–H groups in total. The second-order valence-corrected chi connectivity index (χ2v) is 7.40. The number of H-pyrrole nitrogens is 1. The Balaban J connectivity index is 1.65. The smallest absolute Gasteiger partial charge is 0.261 e. The Kier molecular flexibility index (Phi) is 5.33. The number of nitrogens with zero attached hydrogens (tertiary/aromatic N) is 1. The van der Waals surface area contributed by atoms with Crippen LogP contribution in [-0.2, 0) is 0 Å². The number of benzene rings is 2. The number of para-hydroxylation sites is 1. The Morgan fingerprint density at radius 1 is 1.03 bits per heavy atom. The van der Waals surface area contributed by atoms with Crippen LogP contribution < -0.4 is 19.5 Å². The molecule has 0 aliphatic rings. The van der Waals surface area contributed by atoms with Gasteiger partial charge in [0.05, 0.1) is 32.6 Å². The first-order chi connectivity index (χ1) is 14.6. The second kappa shape index (κ2) is 8.08. The van der Waals surface area contributed by atoms with Crippen LogP contribution in [0.5, 0.6) is 17.2 Å². The Bertz CT molecular complexity index is 1230. The zero-order chi connectivity index (χ0) is 21.3. The van der Waals surface area contributed by atoms with E-state index in [0.29, 0.717) is 27.9 Å². The third-order valence-electron chi connectivity index (χ3n) is 4.82. The summed E-state index contributed by atoms with van der Waals surface area (Å²) in [6, 6.07) is 11.4. The van der Waals surface area contributed by atoms with E-state index in [1.165, 1.54) is 32.7 Å². The highest BCUT2D eigenvalue weighted by Crippen LogP contribution is 2.40. The highest BCUT2D eigenvalue weighted by molar-refractivity contribution is 7.14. The fourth-order valence-electron chi connectivity index (χ4n) is 3.50. The summed E-state index contributed by atoms with van der Waals surface area (Å²) >= 11 is 1.37.